The summed E-state index contributed by atoms with van der Waals surface area (Å²) in [6, 6.07) is 11.5. The maximum Gasteiger partial charge on any atom is 0.0897 e. The van der Waals surface area contributed by atoms with Crippen molar-refractivity contribution in [2.24, 2.45) is 0 Å². The maximum absolute atomic E-state index is 4.58. The highest BCUT2D eigenvalue weighted by Crippen LogP contribution is 2.21. The summed E-state index contributed by atoms with van der Waals surface area (Å²) in [6.07, 6.45) is 2.63. The van der Waals surface area contributed by atoms with E-state index >= 15 is 0 Å². The van der Waals surface area contributed by atoms with Crippen LogP contribution in [0, 0.1) is 6.92 Å². The monoisotopic (exact) mass is 315 g/mol. The fourth-order valence-corrected chi connectivity index (χ4v) is 3.91. The number of likely N-dealkylation sites (N-methyl/N-ethyl adjacent to an activating group) is 1. The Morgan fingerprint density at radius 3 is 2.86 bits per heavy atom. The van der Waals surface area contributed by atoms with Crippen molar-refractivity contribution in [3.8, 4) is 0 Å². The van der Waals surface area contributed by atoms with Gasteiger partial charge in [0.15, 0.2) is 0 Å². The molecule has 3 nitrogen and oxygen atoms in total. The molecule has 0 bridgehead atoms. The quantitative estimate of drug-likeness (QED) is 0.813. The second kappa shape index (κ2) is 7.36. The largest absolute Gasteiger partial charge is 0.299 e. The van der Waals surface area contributed by atoms with Crippen LogP contribution in [-0.2, 0) is 13.1 Å². The number of likely N-dealkylation sites (tertiary alicyclic amines) is 1. The van der Waals surface area contributed by atoms with E-state index in [1.165, 1.54) is 30.6 Å². The maximum atomic E-state index is 4.58. The van der Waals surface area contributed by atoms with E-state index in [1.807, 2.05) is 0 Å². The third kappa shape index (κ3) is 4.15. The molecule has 0 amide bonds. The van der Waals surface area contributed by atoms with Gasteiger partial charge in [0.25, 0.3) is 0 Å². The summed E-state index contributed by atoms with van der Waals surface area (Å²) in [4.78, 5) is 9.63. The molecule has 0 aliphatic carbocycles. The fourth-order valence-electron chi connectivity index (χ4n) is 3.31. The van der Waals surface area contributed by atoms with Crippen LogP contribution in [-0.4, -0.2) is 41.0 Å². The van der Waals surface area contributed by atoms with Gasteiger partial charge in [-0.1, -0.05) is 30.3 Å². The zero-order valence-electron chi connectivity index (χ0n) is 13.5. The Labute approximate surface area is 137 Å². The van der Waals surface area contributed by atoms with E-state index in [2.05, 4.69) is 64.5 Å². The number of hydrogen-bond donors (Lipinski definition) is 0. The molecule has 2 heterocycles. The van der Waals surface area contributed by atoms with Gasteiger partial charge in [-0.3, -0.25) is 9.80 Å². The molecule has 2 aromatic rings. The van der Waals surface area contributed by atoms with E-state index in [0.717, 1.165) is 24.6 Å². The molecule has 0 N–H and O–H groups in total. The number of nitrogens with zero attached hydrogens (tertiary/aromatic N) is 3. The van der Waals surface area contributed by atoms with Gasteiger partial charge in [-0.15, -0.1) is 11.3 Å². The number of benzene rings is 1. The van der Waals surface area contributed by atoms with E-state index in [0.29, 0.717) is 6.04 Å². The molecule has 1 fully saturated rings. The van der Waals surface area contributed by atoms with Gasteiger partial charge >= 0.3 is 0 Å². The molecule has 118 valence electrons. The summed E-state index contributed by atoms with van der Waals surface area (Å²) < 4.78 is 0. The van der Waals surface area contributed by atoms with Gasteiger partial charge in [0.2, 0.25) is 0 Å². The Morgan fingerprint density at radius 2 is 2.14 bits per heavy atom. The molecule has 1 atom stereocenters. The predicted molar refractivity (Wildman–Crippen MR) is 93.1 cm³/mol. The fraction of sp³-hybridized carbons (Fsp3) is 0.500. The first-order chi connectivity index (χ1) is 10.7. The van der Waals surface area contributed by atoms with Crippen molar-refractivity contribution in [3.05, 3.63) is 52.0 Å². The third-order valence-corrected chi connectivity index (χ3v) is 5.17. The smallest absolute Gasteiger partial charge is 0.0897 e. The van der Waals surface area contributed by atoms with Crippen molar-refractivity contribution in [1.82, 2.24) is 14.8 Å². The average Bonchev–Trinajstić information content (AvgIpc) is 3.10. The predicted octanol–water partition coefficient (Wildman–Crippen LogP) is 3.55. The lowest BCUT2D eigenvalue weighted by Gasteiger charge is -2.28. The third-order valence-electron chi connectivity index (χ3n) is 4.35. The first-order valence-corrected chi connectivity index (χ1v) is 8.96. The summed E-state index contributed by atoms with van der Waals surface area (Å²) in [5.74, 6) is 0. The van der Waals surface area contributed by atoms with Gasteiger partial charge in [-0.2, -0.15) is 0 Å². The van der Waals surface area contributed by atoms with Crippen LogP contribution in [0.1, 0.15) is 29.1 Å². The molecule has 1 aliphatic heterocycles. The van der Waals surface area contributed by atoms with Crippen molar-refractivity contribution in [1.29, 1.82) is 0 Å². The molecular formula is C18H25N3S. The lowest BCUT2D eigenvalue weighted by Crippen LogP contribution is -2.38. The summed E-state index contributed by atoms with van der Waals surface area (Å²) >= 11 is 1.74. The zero-order chi connectivity index (χ0) is 15.4. The van der Waals surface area contributed by atoms with Crippen LogP contribution < -0.4 is 0 Å². The van der Waals surface area contributed by atoms with E-state index in [4.69, 9.17) is 0 Å². The molecule has 3 rings (SSSR count). The summed E-state index contributed by atoms with van der Waals surface area (Å²) in [6.45, 7) is 6.47. The Morgan fingerprint density at radius 1 is 1.32 bits per heavy atom. The van der Waals surface area contributed by atoms with Crippen LogP contribution in [0.5, 0.6) is 0 Å². The standard InChI is InChI=1S/C18H25N3S/c1-15-19-17(14-22-15)12-20(2)13-18-9-6-10-21(18)11-16-7-4-3-5-8-16/h3-5,7-8,14,18H,6,9-13H2,1-2H3/t18-/m1/s1. The topological polar surface area (TPSA) is 19.4 Å². The molecule has 0 saturated carbocycles. The highest BCUT2D eigenvalue weighted by molar-refractivity contribution is 7.09. The van der Waals surface area contributed by atoms with Gasteiger partial charge in [0, 0.05) is 31.1 Å². The van der Waals surface area contributed by atoms with Gasteiger partial charge < -0.3 is 0 Å². The normalized spacial score (nSPS) is 19.1. The number of aromatic nitrogens is 1. The number of thiazole rings is 1. The summed E-state index contributed by atoms with van der Waals surface area (Å²) in [7, 11) is 2.22. The number of hydrogen-bond acceptors (Lipinski definition) is 4. The molecule has 0 spiro atoms. The van der Waals surface area contributed by atoms with Crippen LogP contribution in [0.25, 0.3) is 0 Å². The second-order valence-corrected chi connectivity index (χ2v) is 7.37. The average molecular weight is 315 g/mol. The van der Waals surface area contributed by atoms with Gasteiger partial charge in [-0.25, -0.2) is 4.98 Å². The molecule has 0 unspecified atom stereocenters. The molecule has 1 aliphatic rings. The van der Waals surface area contributed by atoms with E-state index < -0.39 is 0 Å². The first kappa shape index (κ1) is 15.7. The van der Waals surface area contributed by atoms with E-state index in [1.54, 1.807) is 11.3 Å². The minimum Gasteiger partial charge on any atom is -0.299 e. The number of rotatable bonds is 6. The Kier molecular flexibility index (Phi) is 5.24. The van der Waals surface area contributed by atoms with Crippen molar-refractivity contribution in [2.45, 2.75) is 38.9 Å². The minimum absolute atomic E-state index is 0.671. The lowest BCUT2D eigenvalue weighted by molar-refractivity contribution is 0.181. The molecule has 4 heteroatoms. The second-order valence-electron chi connectivity index (χ2n) is 6.31. The van der Waals surface area contributed by atoms with E-state index in [9.17, 15) is 0 Å². The van der Waals surface area contributed by atoms with Crippen LogP contribution in [0.2, 0.25) is 0 Å². The first-order valence-electron chi connectivity index (χ1n) is 8.08. The molecule has 1 aromatic carbocycles. The van der Waals surface area contributed by atoms with Crippen LogP contribution in [0.3, 0.4) is 0 Å². The van der Waals surface area contributed by atoms with Crippen molar-refractivity contribution < 1.29 is 0 Å². The summed E-state index contributed by atoms with van der Waals surface area (Å²) in [5.41, 5.74) is 2.63. The zero-order valence-corrected chi connectivity index (χ0v) is 14.4. The Balaban J connectivity index is 1.54. The molecule has 22 heavy (non-hydrogen) atoms. The van der Waals surface area contributed by atoms with Crippen LogP contribution in [0.15, 0.2) is 35.7 Å². The molecular weight excluding hydrogens is 290 g/mol. The van der Waals surface area contributed by atoms with Crippen LogP contribution >= 0.6 is 11.3 Å². The van der Waals surface area contributed by atoms with E-state index in [-0.39, 0.29) is 0 Å². The Hall–Kier alpha value is -1.23. The SMILES string of the molecule is Cc1nc(CN(C)C[C@H]2CCCN2Cc2ccccc2)cs1. The van der Waals surface area contributed by atoms with Crippen molar-refractivity contribution >= 4 is 11.3 Å². The van der Waals surface area contributed by atoms with Crippen molar-refractivity contribution in [2.75, 3.05) is 20.1 Å². The van der Waals surface area contributed by atoms with Gasteiger partial charge in [-0.05, 0) is 38.9 Å². The molecule has 1 aromatic heterocycles. The Bertz CT molecular complexity index is 581. The number of aryl methyl sites for hydroxylation is 1. The molecule has 1 saturated heterocycles. The summed E-state index contributed by atoms with van der Waals surface area (Å²) in [5, 5.41) is 3.34. The minimum atomic E-state index is 0.671. The van der Waals surface area contributed by atoms with Gasteiger partial charge in [0.05, 0.1) is 10.7 Å². The highest BCUT2D eigenvalue weighted by atomic mass is 32.1. The van der Waals surface area contributed by atoms with Crippen LogP contribution in [0.4, 0.5) is 0 Å². The van der Waals surface area contributed by atoms with Crippen molar-refractivity contribution in [3.63, 3.8) is 0 Å². The highest BCUT2D eigenvalue weighted by Gasteiger charge is 2.25. The lowest BCUT2D eigenvalue weighted by atomic mass is 10.1. The molecule has 0 radical (unpaired) electrons. The van der Waals surface area contributed by atoms with Gasteiger partial charge in [0.1, 0.15) is 0 Å².